The van der Waals surface area contributed by atoms with Crippen LogP contribution >= 0.6 is 11.8 Å². The van der Waals surface area contributed by atoms with Gasteiger partial charge in [-0.15, -0.1) is 10.2 Å². The van der Waals surface area contributed by atoms with Crippen LogP contribution in [-0.2, 0) is 11.2 Å². The molecule has 2 aromatic heterocycles. The molecule has 0 aliphatic heterocycles. The molecule has 156 valence electrons. The first-order valence-corrected chi connectivity index (χ1v) is 11.4. The molecule has 3 aromatic rings. The number of carbonyl (C=O) groups is 1. The number of hydrogen-bond acceptors (Lipinski definition) is 5. The van der Waals surface area contributed by atoms with Gasteiger partial charge >= 0.3 is 0 Å². The Labute approximate surface area is 181 Å². The summed E-state index contributed by atoms with van der Waals surface area (Å²) in [5, 5.41) is 12.5. The average molecular weight is 422 g/mol. The summed E-state index contributed by atoms with van der Waals surface area (Å²) in [6.45, 7) is 3.99. The first-order valence-electron chi connectivity index (χ1n) is 10.5. The van der Waals surface area contributed by atoms with Gasteiger partial charge in [-0.05, 0) is 57.2 Å². The van der Waals surface area contributed by atoms with Crippen LogP contribution < -0.4 is 5.32 Å². The summed E-state index contributed by atoms with van der Waals surface area (Å²) in [7, 11) is 0. The monoisotopic (exact) mass is 421 g/mol. The molecule has 0 radical (unpaired) electrons. The lowest BCUT2D eigenvalue weighted by molar-refractivity contribution is -0.120. The lowest BCUT2D eigenvalue weighted by atomic mass is 10.1. The number of rotatable bonds is 9. The van der Waals surface area contributed by atoms with Crippen LogP contribution in [0.5, 0.6) is 0 Å². The van der Waals surface area contributed by atoms with Gasteiger partial charge in [-0.25, -0.2) is 0 Å². The second-order valence-corrected chi connectivity index (χ2v) is 9.15. The number of benzene rings is 1. The maximum Gasteiger partial charge on any atom is 0.233 e. The van der Waals surface area contributed by atoms with Gasteiger partial charge in [0.05, 0.1) is 5.25 Å². The van der Waals surface area contributed by atoms with Crippen LogP contribution in [0, 0.1) is 0 Å². The summed E-state index contributed by atoms with van der Waals surface area (Å²) >= 11 is 1.48. The molecule has 1 saturated carbocycles. The second-order valence-electron chi connectivity index (χ2n) is 7.84. The van der Waals surface area contributed by atoms with E-state index in [1.54, 1.807) is 6.20 Å². The molecule has 1 N–H and O–H groups in total. The molecule has 0 saturated heterocycles. The van der Waals surface area contributed by atoms with E-state index < -0.39 is 0 Å². The van der Waals surface area contributed by atoms with Crippen molar-refractivity contribution >= 4 is 17.7 Å². The molecule has 1 fully saturated rings. The highest BCUT2D eigenvalue weighted by molar-refractivity contribution is 8.00. The van der Waals surface area contributed by atoms with E-state index in [0.717, 1.165) is 42.2 Å². The third kappa shape index (κ3) is 5.08. The number of aryl methyl sites for hydroxylation is 1. The Balaban J connectivity index is 1.37. The lowest BCUT2D eigenvalue weighted by Gasteiger charge is -2.17. The van der Waals surface area contributed by atoms with Gasteiger partial charge in [0.2, 0.25) is 5.91 Å². The number of nitrogens with one attached hydrogen (secondary N) is 1. The topological polar surface area (TPSA) is 72.7 Å². The van der Waals surface area contributed by atoms with Gasteiger partial charge in [-0.3, -0.25) is 14.3 Å². The van der Waals surface area contributed by atoms with E-state index in [0.29, 0.717) is 6.04 Å². The van der Waals surface area contributed by atoms with Crippen LogP contribution in [0.4, 0.5) is 0 Å². The third-order valence-corrected chi connectivity index (χ3v) is 6.30. The van der Waals surface area contributed by atoms with Crippen molar-refractivity contribution in [1.29, 1.82) is 0 Å². The van der Waals surface area contributed by atoms with Gasteiger partial charge < -0.3 is 5.32 Å². The SMILES string of the molecule is CC(CCc1ccccc1)NC(=O)C(C)Sc1nnc(-c2cccnc2)n1C1CC1. The highest BCUT2D eigenvalue weighted by atomic mass is 32.2. The average Bonchev–Trinajstić information content (AvgIpc) is 3.53. The number of amides is 1. The Morgan fingerprint density at radius 2 is 1.97 bits per heavy atom. The quantitative estimate of drug-likeness (QED) is 0.522. The van der Waals surface area contributed by atoms with E-state index in [-0.39, 0.29) is 17.2 Å². The summed E-state index contributed by atoms with van der Waals surface area (Å²) in [6.07, 6.45) is 7.67. The van der Waals surface area contributed by atoms with E-state index in [9.17, 15) is 4.79 Å². The van der Waals surface area contributed by atoms with Gasteiger partial charge in [0.1, 0.15) is 0 Å². The van der Waals surface area contributed by atoms with Crippen LogP contribution in [0.1, 0.15) is 44.7 Å². The minimum Gasteiger partial charge on any atom is -0.353 e. The molecule has 7 heteroatoms. The molecule has 1 aliphatic rings. The highest BCUT2D eigenvalue weighted by Gasteiger charge is 2.31. The van der Waals surface area contributed by atoms with Crippen molar-refractivity contribution in [3.63, 3.8) is 0 Å². The van der Waals surface area contributed by atoms with Crippen molar-refractivity contribution < 1.29 is 4.79 Å². The standard InChI is InChI=1S/C23H27N5OS/c1-16(10-11-18-7-4-3-5-8-18)25-22(29)17(2)30-23-27-26-21(28(23)20-12-13-20)19-9-6-14-24-15-19/h3-9,14-17,20H,10-13H2,1-2H3,(H,25,29). The molecule has 30 heavy (non-hydrogen) atoms. The van der Waals surface area contributed by atoms with Crippen LogP contribution in [0.15, 0.2) is 60.0 Å². The number of hydrogen-bond donors (Lipinski definition) is 1. The summed E-state index contributed by atoms with van der Waals surface area (Å²) in [5.74, 6) is 0.866. The highest BCUT2D eigenvalue weighted by Crippen LogP contribution is 2.41. The summed E-state index contributed by atoms with van der Waals surface area (Å²) in [4.78, 5) is 16.9. The van der Waals surface area contributed by atoms with E-state index in [4.69, 9.17) is 0 Å². The Hall–Kier alpha value is -2.67. The van der Waals surface area contributed by atoms with Crippen molar-refractivity contribution in [2.45, 2.75) is 62.0 Å². The Kier molecular flexibility index (Phi) is 6.47. The first kappa shape index (κ1) is 20.6. The molecule has 0 spiro atoms. The number of thioether (sulfide) groups is 1. The van der Waals surface area contributed by atoms with Crippen LogP contribution in [0.2, 0.25) is 0 Å². The normalized spacial score (nSPS) is 15.5. The smallest absolute Gasteiger partial charge is 0.233 e. The molecular weight excluding hydrogens is 394 g/mol. The Bertz CT molecular complexity index is 972. The van der Waals surface area contributed by atoms with Crippen molar-refractivity contribution in [2.24, 2.45) is 0 Å². The lowest BCUT2D eigenvalue weighted by Crippen LogP contribution is -2.38. The molecule has 6 nitrogen and oxygen atoms in total. The van der Waals surface area contributed by atoms with Gasteiger partial charge in [-0.2, -0.15) is 0 Å². The maximum atomic E-state index is 12.7. The van der Waals surface area contributed by atoms with Gasteiger partial charge in [-0.1, -0.05) is 42.1 Å². The largest absolute Gasteiger partial charge is 0.353 e. The molecule has 2 unspecified atom stereocenters. The molecular formula is C23H27N5OS. The zero-order valence-electron chi connectivity index (χ0n) is 17.4. The van der Waals surface area contributed by atoms with E-state index in [1.165, 1.54) is 17.3 Å². The van der Waals surface area contributed by atoms with E-state index in [2.05, 4.69) is 44.1 Å². The fourth-order valence-corrected chi connectivity index (χ4v) is 4.31. The van der Waals surface area contributed by atoms with Crippen molar-refractivity contribution in [2.75, 3.05) is 0 Å². The minimum atomic E-state index is -0.243. The van der Waals surface area contributed by atoms with Gasteiger partial charge in [0.25, 0.3) is 0 Å². The second kappa shape index (κ2) is 9.43. The fourth-order valence-electron chi connectivity index (χ4n) is 3.38. The molecule has 0 bridgehead atoms. The third-order valence-electron chi connectivity index (χ3n) is 5.25. The van der Waals surface area contributed by atoms with Gasteiger partial charge in [0.15, 0.2) is 11.0 Å². The molecule has 1 aliphatic carbocycles. The Morgan fingerprint density at radius 1 is 1.17 bits per heavy atom. The van der Waals surface area contributed by atoms with Crippen molar-refractivity contribution in [3.8, 4) is 11.4 Å². The minimum absolute atomic E-state index is 0.0360. The number of pyridine rings is 1. The first-order chi connectivity index (χ1) is 14.6. The fraction of sp³-hybridized carbons (Fsp3) is 0.391. The van der Waals surface area contributed by atoms with Crippen LogP contribution in [-0.4, -0.2) is 36.9 Å². The van der Waals surface area contributed by atoms with Gasteiger partial charge in [0, 0.05) is 30.0 Å². The Morgan fingerprint density at radius 3 is 2.67 bits per heavy atom. The predicted octanol–water partition coefficient (Wildman–Crippen LogP) is 4.29. The molecule has 1 amide bonds. The number of carbonyl (C=O) groups excluding carboxylic acids is 1. The number of nitrogens with zero attached hydrogens (tertiary/aromatic N) is 4. The molecule has 2 atom stereocenters. The van der Waals surface area contributed by atoms with E-state index >= 15 is 0 Å². The summed E-state index contributed by atoms with van der Waals surface area (Å²) in [6, 6.07) is 14.8. The van der Waals surface area contributed by atoms with Crippen molar-refractivity contribution in [3.05, 3.63) is 60.4 Å². The van der Waals surface area contributed by atoms with Crippen LogP contribution in [0.3, 0.4) is 0 Å². The zero-order valence-corrected chi connectivity index (χ0v) is 18.2. The number of aromatic nitrogens is 4. The predicted molar refractivity (Wildman–Crippen MR) is 119 cm³/mol. The van der Waals surface area contributed by atoms with Crippen LogP contribution in [0.25, 0.3) is 11.4 Å². The van der Waals surface area contributed by atoms with Crippen molar-refractivity contribution in [1.82, 2.24) is 25.1 Å². The molecule has 2 heterocycles. The van der Waals surface area contributed by atoms with E-state index in [1.807, 2.05) is 43.5 Å². The molecule has 1 aromatic carbocycles. The molecule has 4 rings (SSSR count). The summed E-state index contributed by atoms with van der Waals surface area (Å²) in [5.41, 5.74) is 2.25. The summed E-state index contributed by atoms with van der Waals surface area (Å²) < 4.78 is 2.17. The maximum absolute atomic E-state index is 12.7. The zero-order chi connectivity index (χ0) is 20.9.